The molecule has 4 N–H and O–H groups in total. The summed E-state index contributed by atoms with van der Waals surface area (Å²) in [6, 6.07) is 2.94. The lowest BCUT2D eigenvalue weighted by Crippen LogP contribution is -2.03. The summed E-state index contributed by atoms with van der Waals surface area (Å²) in [5.74, 6) is -1.76. The first-order valence-electron chi connectivity index (χ1n) is 8.01. The van der Waals surface area contributed by atoms with Crippen molar-refractivity contribution in [3.63, 3.8) is 0 Å². The molecule has 140 valence electrons. The zero-order valence-corrected chi connectivity index (χ0v) is 14.8. The number of aromatic amines is 1. The van der Waals surface area contributed by atoms with Gasteiger partial charge in [-0.2, -0.15) is 0 Å². The van der Waals surface area contributed by atoms with Gasteiger partial charge in [0.25, 0.3) is 0 Å². The number of nitrogens with zero attached hydrogens (tertiary/aromatic N) is 1. The van der Waals surface area contributed by atoms with Crippen LogP contribution < -0.4 is 15.2 Å². The van der Waals surface area contributed by atoms with Crippen LogP contribution in [0, 0.1) is 17.0 Å². The maximum absolute atomic E-state index is 14.7. The van der Waals surface area contributed by atoms with Gasteiger partial charge >= 0.3 is 0 Å². The number of hydrogen-bond donors (Lipinski definition) is 3. The first-order valence-corrected chi connectivity index (χ1v) is 8.01. The van der Waals surface area contributed by atoms with Crippen molar-refractivity contribution in [2.75, 3.05) is 14.2 Å². The molecule has 3 rings (SSSR count). The number of hydrogen-bond acceptors (Lipinski definition) is 5. The summed E-state index contributed by atoms with van der Waals surface area (Å²) in [4.78, 5) is 7.26. The van der Waals surface area contributed by atoms with Crippen LogP contribution in [-0.2, 0) is 6.42 Å². The number of rotatable bonds is 6. The fraction of sp³-hybridized carbons (Fsp3) is 0.158. The number of benzene rings is 1. The number of fused-ring (bicyclic) bond motifs is 1. The largest absolute Gasteiger partial charge is 0.494 e. The van der Waals surface area contributed by atoms with Gasteiger partial charge in [-0.15, -0.1) is 0 Å². The first-order chi connectivity index (χ1) is 13.0. The summed E-state index contributed by atoms with van der Waals surface area (Å²) in [6.45, 7) is 0. The summed E-state index contributed by atoms with van der Waals surface area (Å²) >= 11 is 0. The van der Waals surface area contributed by atoms with Crippen LogP contribution in [0.15, 0.2) is 30.7 Å². The third-order valence-electron chi connectivity index (χ3n) is 4.32. The van der Waals surface area contributed by atoms with Gasteiger partial charge in [-0.1, -0.05) is 0 Å². The summed E-state index contributed by atoms with van der Waals surface area (Å²) in [6.07, 6.45) is 5.59. The SMILES string of the molecule is COc1cc(OC)c(F)c(Cc2c[nH]c3ncc(/C(C=N)=C/N)cc23)c1F. The number of aromatic nitrogens is 2. The molecule has 0 bridgehead atoms. The zero-order chi connectivity index (χ0) is 19.6. The van der Waals surface area contributed by atoms with Gasteiger partial charge in [-0.05, 0) is 11.6 Å². The lowest BCUT2D eigenvalue weighted by atomic mass is 10.0. The Hall–Kier alpha value is -3.42. The molecule has 8 heteroatoms. The fourth-order valence-corrected chi connectivity index (χ4v) is 2.87. The van der Waals surface area contributed by atoms with Crippen molar-refractivity contribution in [1.29, 1.82) is 5.41 Å². The Labute approximate surface area is 154 Å². The maximum atomic E-state index is 14.7. The fourth-order valence-electron chi connectivity index (χ4n) is 2.87. The van der Waals surface area contributed by atoms with Gasteiger partial charge in [0.1, 0.15) is 5.65 Å². The second kappa shape index (κ2) is 7.45. The lowest BCUT2D eigenvalue weighted by Gasteiger charge is -2.12. The molecule has 0 unspecified atom stereocenters. The van der Waals surface area contributed by atoms with Gasteiger partial charge in [0.2, 0.25) is 0 Å². The monoisotopic (exact) mass is 372 g/mol. The van der Waals surface area contributed by atoms with Crippen molar-refractivity contribution in [2.45, 2.75) is 6.42 Å². The highest BCUT2D eigenvalue weighted by molar-refractivity contribution is 6.08. The molecule has 0 radical (unpaired) electrons. The molecule has 0 saturated carbocycles. The minimum absolute atomic E-state index is 0.0391. The van der Waals surface area contributed by atoms with E-state index in [9.17, 15) is 8.78 Å². The van der Waals surface area contributed by atoms with Gasteiger partial charge in [0, 0.05) is 59.4 Å². The molecule has 0 spiro atoms. The molecular formula is C19H18F2N4O2. The highest BCUT2D eigenvalue weighted by Crippen LogP contribution is 2.33. The second-order valence-corrected chi connectivity index (χ2v) is 5.76. The Kier molecular flexibility index (Phi) is 5.07. The van der Waals surface area contributed by atoms with Crippen molar-refractivity contribution in [2.24, 2.45) is 5.73 Å². The average molecular weight is 372 g/mol. The standard InChI is InChI=1S/C19H18F2N4O2/c1-26-15-5-16(27-2)18(21)14(17(15)20)4-11-9-25-19-13(11)3-10(8-24-19)12(6-22)7-23/h3,5-9,22H,4,23H2,1-2H3,(H,24,25)/b12-7+,22-6?. The van der Waals surface area contributed by atoms with Crippen LogP contribution in [0.4, 0.5) is 8.78 Å². The number of allylic oxidation sites excluding steroid dienone is 1. The van der Waals surface area contributed by atoms with E-state index in [1.807, 2.05) is 0 Å². The Morgan fingerprint density at radius 2 is 1.89 bits per heavy atom. The number of ether oxygens (including phenoxy) is 2. The molecule has 0 fully saturated rings. The third-order valence-corrected chi connectivity index (χ3v) is 4.32. The number of pyridine rings is 1. The topological polar surface area (TPSA) is 97.0 Å². The Morgan fingerprint density at radius 3 is 2.44 bits per heavy atom. The Morgan fingerprint density at radius 1 is 1.22 bits per heavy atom. The predicted molar refractivity (Wildman–Crippen MR) is 99.3 cm³/mol. The molecule has 0 amide bonds. The van der Waals surface area contributed by atoms with Crippen LogP contribution in [0.5, 0.6) is 11.5 Å². The van der Waals surface area contributed by atoms with Crippen LogP contribution in [0.25, 0.3) is 16.6 Å². The van der Waals surface area contributed by atoms with E-state index in [-0.39, 0.29) is 23.5 Å². The van der Waals surface area contributed by atoms with Gasteiger partial charge < -0.3 is 25.6 Å². The van der Waals surface area contributed by atoms with Gasteiger partial charge in [-0.3, -0.25) is 0 Å². The van der Waals surface area contributed by atoms with Gasteiger partial charge in [0.05, 0.1) is 14.2 Å². The van der Waals surface area contributed by atoms with E-state index in [1.165, 1.54) is 26.5 Å². The van der Waals surface area contributed by atoms with E-state index in [0.717, 1.165) is 6.21 Å². The molecule has 0 atom stereocenters. The van der Waals surface area contributed by atoms with Crippen LogP contribution >= 0.6 is 0 Å². The van der Waals surface area contributed by atoms with Crippen molar-refractivity contribution < 1.29 is 18.3 Å². The molecule has 2 heterocycles. The highest BCUT2D eigenvalue weighted by atomic mass is 19.1. The highest BCUT2D eigenvalue weighted by Gasteiger charge is 2.21. The second-order valence-electron chi connectivity index (χ2n) is 5.76. The van der Waals surface area contributed by atoms with Crippen LogP contribution in [0.1, 0.15) is 16.7 Å². The van der Waals surface area contributed by atoms with Crippen molar-refractivity contribution in [1.82, 2.24) is 9.97 Å². The molecule has 0 saturated heterocycles. The summed E-state index contributed by atoms with van der Waals surface area (Å²) < 4.78 is 39.3. The maximum Gasteiger partial charge on any atom is 0.171 e. The molecule has 6 nitrogen and oxygen atoms in total. The third kappa shape index (κ3) is 3.21. The summed E-state index contributed by atoms with van der Waals surface area (Å²) in [5, 5.41) is 8.09. The van der Waals surface area contributed by atoms with E-state index >= 15 is 0 Å². The van der Waals surface area contributed by atoms with Crippen molar-refractivity contribution in [3.8, 4) is 11.5 Å². The van der Waals surface area contributed by atoms with E-state index in [1.54, 1.807) is 18.5 Å². The summed E-state index contributed by atoms with van der Waals surface area (Å²) in [5.41, 5.74) is 7.66. The van der Waals surface area contributed by atoms with Crippen molar-refractivity contribution >= 4 is 22.8 Å². The number of methoxy groups -OCH3 is 2. The minimum atomic E-state index is -0.781. The summed E-state index contributed by atoms with van der Waals surface area (Å²) in [7, 11) is 2.61. The molecule has 2 aromatic heterocycles. The molecule has 27 heavy (non-hydrogen) atoms. The average Bonchev–Trinajstić information content (AvgIpc) is 3.08. The van der Waals surface area contributed by atoms with Crippen molar-refractivity contribution in [3.05, 3.63) is 59.1 Å². The lowest BCUT2D eigenvalue weighted by molar-refractivity contribution is 0.354. The number of nitrogens with one attached hydrogen (secondary N) is 2. The molecule has 1 aromatic carbocycles. The zero-order valence-electron chi connectivity index (χ0n) is 14.8. The van der Waals surface area contributed by atoms with E-state index < -0.39 is 11.6 Å². The Bertz CT molecular complexity index is 1020. The first kappa shape index (κ1) is 18.4. The predicted octanol–water partition coefficient (Wildman–Crippen LogP) is 3.40. The quantitative estimate of drug-likeness (QED) is 0.578. The van der Waals surface area contributed by atoms with E-state index in [2.05, 4.69) is 9.97 Å². The van der Waals surface area contributed by atoms with Crippen LogP contribution in [0.3, 0.4) is 0 Å². The number of halogens is 2. The van der Waals surface area contributed by atoms with Crippen LogP contribution in [-0.4, -0.2) is 30.4 Å². The smallest absolute Gasteiger partial charge is 0.171 e. The molecule has 0 aliphatic rings. The molecule has 0 aliphatic carbocycles. The minimum Gasteiger partial charge on any atom is -0.494 e. The van der Waals surface area contributed by atoms with Gasteiger partial charge in [0.15, 0.2) is 23.1 Å². The van der Waals surface area contributed by atoms with E-state index in [0.29, 0.717) is 27.7 Å². The molecule has 0 aliphatic heterocycles. The normalized spacial score (nSPS) is 11.6. The number of H-pyrrole nitrogens is 1. The number of nitrogens with two attached hydrogens (primary N) is 1. The van der Waals surface area contributed by atoms with E-state index in [4.69, 9.17) is 20.6 Å². The molecule has 3 aromatic rings. The molecular weight excluding hydrogens is 354 g/mol. The Balaban J connectivity index is 2.12. The van der Waals surface area contributed by atoms with Gasteiger partial charge in [-0.25, -0.2) is 13.8 Å². The van der Waals surface area contributed by atoms with Crippen LogP contribution in [0.2, 0.25) is 0 Å².